The van der Waals surface area contributed by atoms with E-state index in [0.29, 0.717) is 5.56 Å². The summed E-state index contributed by atoms with van der Waals surface area (Å²) >= 11 is 1.54. The van der Waals surface area contributed by atoms with Gasteiger partial charge in [0.1, 0.15) is 11.9 Å². The van der Waals surface area contributed by atoms with E-state index in [9.17, 15) is 9.50 Å². The summed E-state index contributed by atoms with van der Waals surface area (Å²) in [4.78, 5) is 0.961. The van der Waals surface area contributed by atoms with Crippen LogP contribution in [0.5, 0.6) is 0 Å². The molecule has 0 amide bonds. The molecule has 0 aliphatic heterocycles. The van der Waals surface area contributed by atoms with E-state index in [1.165, 1.54) is 6.07 Å². The second-order valence-corrected chi connectivity index (χ2v) is 4.51. The predicted molar refractivity (Wildman–Crippen MR) is 68.7 cm³/mol. The van der Waals surface area contributed by atoms with Crippen LogP contribution in [0.15, 0.2) is 53.4 Å². The summed E-state index contributed by atoms with van der Waals surface area (Å²) in [5.74, 6) is -0.379. The first-order valence-corrected chi connectivity index (χ1v) is 6.52. The quantitative estimate of drug-likeness (QED) is 0.837. The van der Waals surface area contributed by atoms with Crippen LogP contribution in [0.3, 0.4) is 0 Å². The molecule has 17 heavy (non-hydrogen) atoms. The fourth-order valence-electron chi connectivity index (χ4n) is 1.76. The topological polar surface area (TPSA) is 20.2 Å². The minimum atomic E-state index is -0.917. The summed E-state index contributed by atoms with van der Waals surface area (Å²) in [6.07, 6.45) is 1.02. The van der Waals surface area contributed by atoms with Crippen LogP contribution >= 0.6 is 11.8 Å². The Kier molecular flexibility index (Phi) is 3.82. The van der Waals surface area contributed by atoms with Crippen molar-refractivity contribution in [1.82, 2.24) is 0 Å². The first-order chi connectivity index (χ1) is 8.24. The van der Waals surface area contributed by atoms with Gasteiger partial charge in [0, 0.05) is 10.5 Å². The SMILES string of the molecule is CSc1ccccc1C(O)c1ccccc1F. The van der Waals surface area contributed by atoms with Crippen LogP contribution in [-0.4, -0.2) is 11.4 Å². The number of rotatable bonds is 3. The molecule has 0 aromatic heterocycles. The molecule has 0 aliphatic carbocycles. The Morgan fingerprint density at radius 3 is 2.24 bits per heavy atom. The zero-order chi connectivity index (χ0) is 12.3. The van der Waals surface area contributed by atoms with E-state index >= 15 is 0 Å². The van der Waals surface area contributed by atoms with E-state index in [-0.39, 0.29) is 5.82 Å². The minimum absolute atomic E-state index is 0.314. The standard InChI is InChI=1S/C14H13FOS/c1-17-13-9-5-3-7-11(13)14(16)10-6-2-4-8-12(10)15/h2-9,14,16H,1H3. The highest BCUT2D eigenvalue weighted by molar-refractivity contribution is 7.98. The summed E-state index contributed by atoms with van der Waals surface area (Å²) in [5.41, 5.74) is 1.05. The molecule has 0 saturated heterocycles. The Balaban J connectivity index is 2.44. The van der Waals surface area contributed by atoms with Gasteiger partial charge in [0.05, 0.1) is 0 Å². The van der Waals surface area contributed by atoms with Gasteiger partial charge >= 0.3 is 0 Å². The van der Waals surface area contributed by atoms with Gasteiger partial charge in [0.15, 0.2) is 0 Å². The van der Waals surface area contributed by atoms with Gasteiger partial charge in [-0.05, 0) is 24.0 Å². The van der Waals surface area contributed by atoms with Gasteiger partial charge in [-0.2, -0.15) is 0 Å². The third-order valence-electron chi connectivity index (χ3n) is 2.63. The zero-order valence-electron chi connectivity index (χ0n) is 9.43. The van der Waals surface area contributed by atoms with Crippen molar-refractivity contribution in [2.45, 2.75) is 11.0 Å². The molecule has 2 rings (SSSR count). The molecule has 0 fully saturated rings. The molecule has 88 valence electrons. The lowest BCUT2D eigenvalue weighted by Crippen LogP contribution is -2.03. The molecule has 3 heteroatoms. The number of aliphatic hydroxyl groups is 1. The molecule has 0 bridgehead atoms. The Hall–Kier alpha value is -1.32. The first-order valence-electron chi connectivity index (χ1n) is 5.29. The Morgan fingerprint density at radius 1 is 1.00 bits per heavy atom. The van der Waals surface area contributed by atoms with Gasteiger partial charge in [-0.25, -0.2) is 4.39 Å². The fourth-order valence-corrected chi connectivity index (χ4v) is 2.39. The van der Waals surface area contributed by atoms with Crippen molar-refractivity contribution in [2.75, 3.05) is 6.26 Å². The van der Waals surface area contributed by atoms with Crippen molar-refractivity contribution >= 4 is 11.8 Å². The van der Waals surface area contributed by atoms with Gasteiger partial charge in [0.25, 0.3) is 0 Å². The van der Waals surface area contributed by atoms with E-state index in [0.717, 1.165) is 10.5 Å². The van der Waals surface area contributed by atoms with Crippen molar-refractivity contribution in [1.29, 1.82) is 0 Å². The minimum Gasteiger partial charge on any atom is -0.384 e. The van der Waals surface area contributed by atoms with Gasteiger partial charge < -0.3 is 5.11 Å². The molecule has 1 N–H and O–H groups in total. The molecule has 0 saturated carbocycles. The first kappa shape index (κ1) is 12.1. The molecule has 0 heterocycles. The third-order valence-corrected chi connectivity index (χ3v) is 3.44. The van der Waals surface area contributed by atoms with E-state index in [1.54, 1.807) is 30.0 Å². The second kappa shape index (κ2) is 5.34. The normalized spacial score (nSPS) is 12.4. The highest BCUT2D eigenvalue weighted by atomic mass is 32.2. The smallest absolute Gasteiger partial charge is 0.129 e. The molecule has 0 aliphatic rings. The monoisotopic (exact) mass is 248 g/mol. The maximum atomic E-state index is 13.6. The molecule has 2 aromatic rings. The van der Waals surface area contributed by atoms with Crippen LogP contribution in [0, 0.1) is 5.82 Å². The number of halogens is 1. The number of hydrogen-bond acceptors (Lipinski definition) is 2. The van der Waals surface area contributed by atoms with E-state index in [2.05, 4.69) is 0 Å². The predicted octanol–water partition coefficient (Wildman–Crippen LogP) is 3.63. The van der Waals surface area contributed by atoms with Crippen LogP contribution in [-0.2, 0) is 0 Å². The average molecular weight is 248 g/mol. The lowest BCUT2D eigenvalue weighted by Gasteiger charge is -2.15. The highest BCUT2D eigenvalue weighted by Gasteiger charge is 2.16. The number of benzene rings is 2. The van der Waals surface area contributed by atoms with Gasteiger partial charge in [-0.15, -0.1) is 11.8 Å². The Morgan fingerprint density at radius 2 is 1.59 bits per heavy atom. The summed E-state index contributed by atoms with van der Waals surface area (Å²) in [5, 5.41) is 10.2. The van der Waals surface area contributed by atoms with Crippen LogP contribution in [0.25, 0.3) is 0 Å². The molecule has 1 nitrogen and oxygen atoms in total. The van der Waals surface area contributed by atoms with Crippen molar-refractivity contribution in [3.63, 3.8) is 0 Å². The maximum absolute atomic E-state index is 13.6. The molecule has 1 unspecified atom stereocenters. The van der Waals surface area contributed by atoms with Crippen LogP contribution in [0.2, 0.25) is 0 Å². The van der Waals surface area contributed by atoms with Gasteiger partial charge in [-0.1, -0.05) is 36.4 Å². The molecule has 0 spiro atoms. The van der Waals surface area contributed by atoms with Crippen molar-refractivity contribution in [3.05, 3.63) is 65.5 Å². The summed E-state index contributed by atoms with van der Waals surface area (Å²) in [6.45, 7) is 0. The molecular weight excluding hydrogens is 235 g/mol. The summed E-state index contributed by atoms with van der Waals surface area (Å²) < 4.78 is 13.6. The molecular formula is C14H13FOS. The summed E-state index contributed by atoms with van der Waals surface area (Å²) in [6, 6.07) is 13.8. The lowest BCUT2D eigenvalue weighted by atomic mass is 10.0. The Labute approximate surface area is 104 Å². The van der Waals surface area contributed by atoms with E-state index < -0.39 is 6.10 Å². The zero-order valence-corrected chi connectivity index (χ0v) is 10.2. The largest absolute Gasteiger partial charge is 0.384 e. The Bertz CT molecular complexity index is 513. The van der Waals surface area contributed by atoms with Crippen molar-refractivity contribution < 1.29 is 9.50 Å². The average Bonchev–Trinajstić information content (AvgIpc) is 2.38. The van der Waals surface area contributed by atoms with E-state index in [4.69, 9.17) is 0 Å². The molecule has 1 atom stereocenters. The van der Waals surface area contributed by atoms with Crippen LogP contribution < -0.4 is 0 Å². The number of hydrogen-bond donors (Lipinski definition) is 1. The highest BCUT2D eigenvalue weighted by Crippen LogP contribution is 2.30. The second-order valence-electron chi connectivity index (χ2n) is 3.67. The van der Waals surface area contributed by atoms with Crippen molar-refractivity contribution in [2.24, 2.45) is 0 Å². The maximum Gasteiger partial charge on any atom is 0.129 e. The van der Waals surface area contributed by atoms with Gasteiger partial charge in [-0.3, -0.25) is 0 Å². The lowest BCUT2D eigenvalue weighted by molar-refractivity contribution is 0.212. The fraction of sp³-hybridized carbons (Fsp3) is 0.143. The van der Waals surface area contributed by atoms with Gasteiger partial charge in [0.2, 0.25) is 0 Å². The van der Waals surface area contributed by atoms with Crippen LogP contribution in [0.1, 0.15) is 17.2 Å². The van der Waals surface area contributed by atoms with E-state index in [1.807, 2.05) is 30.5 Å². The molecule has 0 radical (unpaired) electrons. The molecule has 2 aromatic carbocycles. The number of thioether (sulfide) groups is 1. The third kappa shape index (κ3) is 2.51. The van der Waals surface area contributed by atoms with Crippen molar-refractivity contribution in [3.8, 4) is 0 Å². The van der Waals surface area contributed by atoms with Crippen LogP contribution in [0.4, 0.5) is 4.39 Å². The number of aliphatic hydroxyl groups excluding tert-OH is 1. The summed E-state index contributed by atoms with van der Waals surface area (Å²) in [7, 11) is 0.